The van der Waals surface area contributed by atoms with E-state index in [-0.39, 0.29) is 23.0 Å². The van der Waals surface area contributed by atoms with Gasteiger partial charge in [0, 0.05) is 12.7 Å². The van der Waals surface area contributed by atoms with E-state index in [2.05, 4.69) is 10.3 Å². The summed E-state index contributed by atoms with van der Waals surface area (Å²) >= 11 is 0. The van der Waals surface area contributed by atoms with Crippen LogP contribution < -0.4 is 0 Å². The molecule has 23 heavy (non-hydrogen) atoms. The number of nitrogens with zero attached hydrogens (tertiary/aromatic N) is 4. The number of amides is 1. The second kappa shape index (κ2) is 6.98. The molecular formula is C15H24N4O3S. The third kappa shape index (κ3) is 3.91. The minimum Gasteiger partial charge on any atom is -0.337 e. The Balaban J connectivity index is 1.66. The molecule has 1 aromatic rings. The lowest BCUT2D eigenvalue weighted by Gasteiger charge is -2.35. The van der Waals surface area contributed by atoms with E-state index in [9.17, 15) is 13.2 Å². The Morgan fingerprint density at radius 3 is 2.57 bits per heavy atom. The topological polar surface area (TPSA) is 85.2 Å². The Morgan fingerprint density at radius 1 is 1.13 bits per heavy atom. The van der Waals surface area contributed by atoms with Crippen LogP contribution in [-0.2, 0) is 21.2 Å². The lowest BCUT2D eigenvalue weighted by molar-refractivity contribution is -0.132. The van der Waals surface area contributed by atoms with Gasteiger partial charge in [-0.15, -0.1) is 5.10 Å². The maximum atomic E-state index is 12.6. The molecule has 1 aliphatic carbocycles. The number of likely N-dealkylation sites (tertiary alicyclic amines) is 1. The van der Waals surface area contributed by atoms with Gasteiger partial charge in [0.15, 0.2) is 9.84 Å². The molecule has 1 saturated heterocycles. The zero-order valence-corrected chi connectivity index (χ0v) is 14.1. The molecule has 0 radical (unpaired) electrons. The van der Waals surface area contributed by atoms with Crippen LogP contribution in [0.4, 0.5) is 0 Å². The van der Waals surface area contributed by atoms with Crippen LogP contribution >= 0.6 is 0 Å². The highest BCUT2D eigenvalue weighted by molar-refractivity contribution is 7.92. The van der Waals surface area contributed by atoms with E-state index in [1.54, 1.807) is 22.0 Å². The molecule has 0 N–H and O–H groups in total. The maximum absolute atomic E-state index is 12.6. The molecule has 7 nitrogen and oxygen atoms in total. The largest absolute Gasteiger partial charge is 0.337 e. The van der Waals surface area contributed by atoms with Crippen molar-refractivity contribution in [1.82, 2.24) is 19.9 Å². The third-order valence-corrected chi connectivity index (χ3v) is 7.09. The van der Waals surface area contributed by atoms with Gasteiger partial charge in [0.1, 0.15) is 5.75 Å². The van der Waals surface area contributed by atoms with Gasteiger partial charge in [-0.2, -0.15) is 0 Å². The Morgan fingerprint density at radius 2 is 1.87 bits per heavy atom. The summed E-state index contributed by atoms with van der Waals surface area (Å²) in [5.41, 5.74) is 0. The first kappa shape index (κ1) is 16.4. The minimum atomic E-state index is -3.32. The van der Waals surface area contributed by atoms with Gasteiger partial charge in [-0.25, -0.2) is 8.42 Å². The molecule has 3 rings (SSSR count). The van der Waals surface area contributed by atoms with Crippen LogP contribution in [0, 0.1) is 0 Å². The molecule has 1 aromatic heterocycles. The van der Waals surface area contributed by atoms with Crippen LogP contribution in [0.5, 0.6) is 0 Å². The summed E-state index contributed by atoms with van der Waals surface area (Å²) in [5.74, 6) is -0.590. The van der Waals surface area contributed by atoms with Crippen LogP contribution in [0.3, 0.4) is 0 Å². The predicted octanol–water partition coefficient (Wildman–Crippen LogP) is 1.02. The highest BCUT2D eigenvalue weighted by atomic mass is 32.2. The third-order valence-electron chi connectivity index (χ3n) is 4.95. The van der Waals surface area contributed by atoms with E-state index >= 15 is 0 Å². The fraction of sp³-hybridized carbons (Fsp3) is 0.800. The molecule has 1 saturated carbocycles. The van der Waals surface area contributed by atoms with Crippen LogP contribution in [0.2, 0.25) is 0 Å². The van der Waals surface area contributed by atoms with Crippen LogP contribution in [-0.4, -0.2) is 57.8 Å². The Hall–Kier alpha value is -1.44. The zero-order chi connectivity index (χ0) is 16.3. The summed E-state index contributed by atoms with van der Waals surface area (Å²) in [7, 11) is -3.32. The summed E-state index contributed by atoms with van der Waals surface area (Å²) in [6.45, 7) is 1.22. The van der Waals surface area contributed by atoms with E-state index in [4.69, 9.17) is 0 Å². The van der Waals surface area contributed by atoms with Crippen molar-refractivity contribution in [1.29, 1.82) is 0 Å². The second-order valence-corrected chi connectivity index (χ2v) is 8.86. The monoisotopic (exact) mass is 340 g/mol. The fourth-order valence-electron chi connectivity index (χ4n) is 3.69. The predicted molar refractivity (Wildman–Crippen MR) is 85.4 cm³/mol. The van der Waals surface area contributed by atoms with Gasteiger partial charge in [0.25, 0.3) is 0 Å². The summed E-state index contributed by atoms with van der Waals surface area (Å²) in [5, 5.41) is 7.42. The molecule has 8 heteroatoms. The Kier molecular flexibility index (Phi) is 4.99. The fourth-order valence-corrected chi connectivity index (χ4v) is 5.48. The van der Waals surface area contributed by atoms with Crippen molar-refractivity contribution in [3.05, 3.63) is 12.4 Å². The Bertz CT molecular complexity index is 623. The molecule has 0 aromatic carbocycles. The molecule has 0 spiro atoms. The van der Waals surface area contributed by atoms with E-state index in [0.717, 1.165) is 32.1 Å². The van der Waals surface area contributed by atoms with Crippen molar-refractivity contribution in [2.45, 2.75) is 62.8 Å². The number of piperidine rings is 1. The van der Waals surface area contributed by atoms with E-state index < -0.39 is 9.84 Å². The quantitative estimate of drug-likeness (QED) is 0.799. The highest BCUT2D eigenvalue weighted by Crippen LogP contribution is 2.26. The molecule has 2 heterocycles. The molecule has 2 fully saturated rings. The van der Waals surface area contributed by atoms with Crippen molar-refractivity contribution >= 4 is 15.7 Å². The average molecular weight is 340 g/mol. The molecule has 128 valence electrons. The number of rotatable bonds is 5. The molecule has 1 amide bonds. The average Bonchev–Trinajstić information content (AvgIpc) is 3.21. The van der Waals surface area contributed by atoms with Crippen LogP contribution in [0.25, 0.3) is 0 Å². The number of carbonyl (C=O) groups excluding carboxylic acids is 1. The highest BCUT2D eigenvalue weighted by Gasteiger charge is 2.34. The Labute approximate surface area is 137 Å². The zero-order valence-electron chi connectivity index (χ0n) is 13.3. The van der Waals surface area contributed by atoms with Crippen molar-refractivity contribution in [3.8, 4) is 0 Å². The molecule has 2 aliphatic rings. The maximum Gasteiger partial charge on any atom is 0.238 e. The molecular weight excluding hydrogens is 316 g/mol. The molecule has 0 bridgehead atoms. The normalized spacial score (nSPS) is 23.3. The first-order valence-corrected chi connectivity index (χ1v) is 10.1. The minimum absolute atomic E-state index is 0.0109. The van der Waals surface area contributed by atoms with Crippen molar-refractivity contribution in [2.24, 2.45) is 0 Å². The van der Waals surface area contributed by atoms with Crippen molar-refractivity contribution in [2.75, 3.05) is 12.3 Å². The number of hydrogen-bond acceptors (Lipinski definition) is 5. The summed E-state index contributed by atoms with van der Waals surface area (Å²) in [6, 6.07) is 0.0109. The van der Waals surface area contributed by atoms with E-state index in [1.807, 2.05) is 0 Å². The molecule has 1 atom stereocenters. The van der Waals surface area contributed by atoms with Gasteiger partial charge in [0.2, 0.25) is 5.91 Å². The standard InChI is InChI=1S/C15H24N4O3S/c20-15(12-23(21,22)14-6-1-2-7-14)19-9-4-3-5-13(19)11-18-10-8-16-17-18/h8,10,13-14H,1-7,9,11-12H2/t13-/m1/s1. The molecule has 0 unspecified atom stereocenters. The second-order valence-electron chi connectivity index (χ2n) is 6.58. The SMILES string of the molecule is O=C(CS(=O)(=O)C1CCCC1)N1CCCC[C@@H]1Cn1ccnn1. The summed E-state index contributed by atoms with van der Waals surface area (Å²) in [4.78, 5) is 14.4. The van der Waals surface area contributed by atoms with Gasteiger partial charge < -0.3 is 4.90 Å². The van der Waals surface area contributed by atoms with Gasteiger partial charge in [-0.05, 0) is 32.1 Å². The lowest BCUT2D eigenvalue weighted by atomic mass is 10.0. The lowest BCUT2D eigenvalue weighted by Crippen LogP contribution is -2.48. The van der Waals surface area contributed by atoms with Crippen molar-refractivity contribution in [3.63, 3.8) is 0 Å². The van der Waals surface area contributed by atoms with Gasteiger partial charge in [-0.1, -0.05) is 18.1 Å². The summed E-state index contributed by atoms with van der Waals surface area (Å²) < 4.78 is 26.6. The first-order chi connectivity index (χ1) is 11.1. The number of aromatic nitrogens is 3. The van der Waals surface area contributed by atoms with E-state index in [0.29, 0.717) is 25.9 Å². The van der Waals surface area contributed by atoms with E-state index in [1.165, 1.54) is 0 Å². The van der Waals surface area contributed by atoms with Crippen LogP contribution in [0.15, 0.2) is 12.4 Å². The van der Waals surface area contributed by atoms with Gasteiger partial charge >= 0.3 is 0 Å². The first-order valence-electron chi connectivity index (χ1n) is 8.41. The van der Waals surface area contributed by atoms with Crippen LogP contribution in [0.1, 0.15) is 44.9 Å². The number of hydrogen-bond donors (Lipinski definition) is 0. The van der Waals surface area contributed by atoms with Gasteiger partial charge in [0.05, 0.1) is 24.0 Å². The van der Waals surface area contributed by atoms with Gasteiger partial charge in [-0.3, -0.25) is 9.48 Å². The van der Waals surface area contributed by atoms with Crippen molar-refractivity contribution < 1.29 is 13.2 Å². The summed E-state index contributed by atoms with van der Waals surface area (Å²) in [6.07, 6.45) is 9.58. The number of sulfone groups is 1. The number of carbonyl (C=O) groups is 1. The molecule has 1 aliphatic heterocycles. The smallest absolute Gasteiger partial charge is 0.238 e.